The molecule has 8 heteroatoms. The Balaban J connectivity index is 1.94. The molecule has 1 heterocycles. The lowest BCUT2D eigenvalue weighted by molar-refractivity contribution is -0.254. The molecule has 0 radical (unpaired) electrons. The summed E-state index contributed by atoms with van der Waals surface area (Å²) in [6, 6.07) is 10.2. The zero-order valence-corrected chi connectivity index (χ0v) is 14.0. The highest BCUT2D eigenvalue weighted by Crippen LogP contribution is 2.31. The van der Waals surface area contributed by atoms with Gasteiger partial charge in [0.2, 0.25) is 0 Å². The third-order valence-corrected chi connectivity index (χ3v) is 4.51. The summed E-state index contributed by atoms with van der Waals surface area (Å²) in [7, 11) is 0. The number of rotatable bonds is 3. The lowest BCUT2D eigenvalue weighted by Crippen LogP contribution is -2.23. The van der Waals surface area contributed by atoms with Crippen LogP contribution in [0, 0.1) is 5.82 Å². The predicted octanol–water partition coefficient (Wildman–Crippen LogP) is 2.73. The number of amidine groups is 1. The van der Waals surface area contributed by atoms with Crippen molar-refractivity contribution in [3.05, 3.63) is 69.3 Å². The molecular weight excluding hydrogens is 367 g/mol. The van der Waals surface area contributed by atoms with E-state index in [1.165, 1.54) is 36.4 Å². The number of aliphatic imine (C=N–C) groups is 1. The maximum atomic E-state index is 13.8. The number of carboxylic acids is 1. The molecule has 0 unspecified atom stereocenters. The van der Waals surface area contributed by atoms with Crippen LogP contribution in [0.4, 0.5) is 10.1 Å². The highest BCUT2D eigenvalue weighted by molar-refractivity contribution is 8.18. The average Bonchev–Trinajstić information content (AvgIpc) is 2.91. The second-order valence-corrected chi connectivity index (χ2v) is 6.36. The summed E-state index contributed by atoms with van der Waals surface area (Å²) in [5.74, 6) is -2.40. The summed E-state index contributed by atoms with van der Waals surface area (Å²) in [5.41, 5.74) is 0.146. The summed E-state index contributed by atoms with van der Waals surface area (Å²) in [5, 5.41) is 14.0. The molecule has 1 aliphatic heterocycles. The molecule has 2 aromatic carbocycles. The van der Waals surface area contributed by atoms with Crippen LogP contribution < -0.4 is 10.4 Å². The van der Waals surface area contributed by atoms with Gasteiger partial charge in [0.15, 0.2) is 5.17 Å². The van der Waals surface area contributed by atoms with Crippen molar-refractivity contribution in [2.75, 3.05) is 0 Å². The third kappa shape index (κ3) is 3.72. The van der Waals surface area contributed by atoms with E-state index in [2.05, 4.69) is 10.3 Å². The molecule has 3 rings (SSSR count). The number of nitrogens with one attached hydrogen (secondary N) is 1. The van der Waals surface area contributed by atoms with E-state index in [1.54, 1.807) is 12.1 Å². The number of para-hydroxylation sites is 1. The minimum Gasteiger partial charge on any atom is -0.545 e. The number of aromatic carboxylic acids is 1. The van der Waals surface area contributed by atoms with Crippen molar-refractivity contribution in [2.24, 2.45) is 4.99 Å². The molecule has 126 valence electrons. The monoisotopic (exact) mass is 375 g/mol. The fourth-order valence-corrected chi connectivity index (χ4v) is 3.15. The van der Waals surface area contributed by atoms with Gasteiger partial charge in [-0.25, -0.2) is 9.38 Å². The first-order valence-corrected chi connectivity index (χ1v) is 8.19. The molecule has 0 atom stereocenters. The fourth-order valence-electron chi connectivity index (χ4n) is 2.11. The minimum absolute atomic E-state index is 0.0956. The lowest BCUT2D eigenvalue weighted by atomic mass is 10.2. The molecule has 0 aliphatic carbocycles. The first-order valence-electron chi connectivity index (χ1n) is 6.99. The number of nitrogens with zero attached hydrogens (tertiary/aromatic N) is 1. The van der Waals surface area contributed by atoms with Crippen LogP contribution in [0.15, 0.2) is 52.4 Å². The SMILES string of the molecule is O=C1NC(=Nc2ccccc2C(=O)[O-])S/C1=C\c1c(F)cccc1Cl. The standard InChI is InChI=1S/C17H10ClFN2O3S/c18-11-5-3-6-12(19)10(11)8-14-15(22)21-17(25-14)20-13-7-2-1-4-9(13)16(23)24/h1-8H,(H,23,24)(H,20,21,22)/p-1/b14-8-. The Morgan fingerprint density at radius 1 is 1.24 bits per heavy atom. The third-order valence-electron chi connectivity index (χ3n) is 3.27. The zero-order valence-electron chi connectivity index (χ0n) is 12.5. The second-order valence-electron chi connectivity index (χ2n) is 4.92. The first-order chi connectivity index (χ1) is 12.0. The Morgan fingerprint density at radius 3 is 2.72 bits per heavy atom. The van der Waals surface area contributed by atoms with Gasteiger partial charge < -0.3 is 15.2 Å². The number of carboxylic acid groups (broad SMARTS) is 1. The van der Waals surface area contributed by atoms with Crippen LogP contribution in [-0.2, 0) is 4.79 Å². The normalized spacial score (nSPS) is 17.1. The maximum Gasteiger partial charge on any atom is 0.264 e. The van der Waals surface area contributed by atoms with Crippen LogP contribution in [-0.4, -0.2) is 17.0 Å². The second kappa shape index (κ2) is 7.08. The molecule has 1 saturated heterocycles. The van der Waals surface area contributed by atoms with Crippen molar-refractivity contribution in [2.45, 2.75) is 0 Å². The van der Waals surface area contributed by atoms with Crippen molar-refractivity contribution in [1.82, 2.24) is 5.32 Å². The van der Waals surface area contributed by atoms with Gasteiger partial charge in [0.1, 0.15) is 5.82 Å². The van der Waals surface area contributed by atoms with Gasteiger partial charge in [-0.05, 0) is 36.0 Å². The van der Waals surface area contributed by atoms with E-state index in [4.69, 9.17) is 11.6 Å². The predicted molar refractivity (Wildman–Crippen MR) is 93.0 cm³/mol. The van der Waals surface area contributed by atoms with Crippen molar-refractivity contribution >= 4 is 52.2 Å². The van der Waals surface area contributed by atoms with E-state index >= 15 is 0 Å². The van der Waals surface area contributed by atoms with Crippen LogP contribution in [0.3, 0.4) is 0 Å². The molecule has 5 nitrogen and oxygen atoms in total. The smallest absolute Gasteiger partial charge is 0.264 e. The van der Waals surface area contributed by atoms with Crippen LogP contribution >= 0.6 is 23.4 Å². The van der Waals surface area contributed by atoms with Crippen LogP contribution in [0.5, 0.6) is 0 Å². The number of hydrogen-bond donors (Lipinski definition) is 1. The van der Waals surface area contributed by atoms with E-state index in [0.29, 0.717) is 0 Å². The van der Waals surface area contributed by atoms with Gasteiger partial charge >= 0.3 is 0 Å². The molecule has 0 saturated carbocycles. The van der Waals surface area contributed by atoms with Gasteiger partial charge in [0.25, 0.3) is 5.91 Å². The number of hydrogen-bond acceptors (Lipinski definition) is 5. The average molecular weight is 376 g/mol. The largest absolute Gasteiger partial charge is 0.545 e. The van der Waals surface area contributed by atoms with E-state index in [0.717, 1.165) is 11.8 Å². The number of carbonyl (C=O) groups is 2. The van der Waals surface area contributed by atoms with Gasteiger partial charge in [-0.3, -0.25) is 4.79 Å². The zero-order chi connectivity index (χ0) is 18.0. The Hall–Kier alpha value is -2.64. The summed E-state index contributed by atoms with van der Waals surface area (Å²) in [4.78, 5) is 27.5. The number of carbonyl (C=O) groups excluding carboxylic acids is 2. The van der Waals surface area contributed by atoms with Crippen molar-refractivity contribution in [3.8, 4) is 0 Å². The summed E-state index contributed by atoms with van der Waals surface area (Å²) in [6.07, 6.45) is 1.32. The maximum absolute atomic E-state index is 13.8. The quantitative estimate of drug-likeness (QED) is 0.836. The topological polar surface area (TPSA) is 81.6 Å². The molecule has 0 bridgehead atoms. The molecule has 1 amide bonds. The van der Waals surface area contributed by atoms with Crippen molar-refractivity contribution < 1.29 is 19.1 Å². The molecule has 2 aromatic rings. The molecule has 0 spiro atoms. The molecule has 1 fully saturated rings. The molecule has 0 aromatic heterocycles. The Morgan fingerprint density at radius 2 is 2.00 bits per heavy atom. The number of amides is 1. The number of thioether (sulfide) groups is 1. The molecular formula is C17H9ClFN2O3S-. The van der Waals surface area contributed by atoms with Gasteiger partial charge in [-0.15, -0.1) is 0 Å². The molecule has 1 aliphatic rings. The summed E-state index contributed by atoms with van der Waals surface area (Å²) >= 11 is 6.91. The Bertz CT molecular complexity index is 923. The van der Waals surface area contributed by atoms with Crippen LogP contribution in [0.25, 0.3) is 6.08 Å². The van der Waals surface area contributed by atoms with E-state index in [9.17, 15) is 19.1 Å². The van der Waals surface area contributed by atoms with Crippen molar-refractivity contribution in [1.29, 1.82) is 0 Å². The highest BCUT2D eigenvalue weighted by atomic mass is 35.5. The summed E-state index contributed by atoms with van der Waals surface area (Å²) in [6.45, 7) is 0. The van der Waals surface area contributed by atoms with E-state index in [-0.39, 0.29) is 31.9 Å². The number of benzene rings is 2. The van der Waals surface area contributed by atoms with E-state index < -0.39 is 17.7 Å². The Labute approximate surface area is 151 Å². The highest BCUT2D eigenvalue weighted by Gasteiger charge is 2.25. The lowest BCUT2D eigenvalue weighted by Gasteiger charge is -2.06. The van der Waals surface area contributed by atoms with E-state index in [1.807, 2.05) is 0 Å². The van der Waals surface area contributed by atoms with Gasteiger partial charge in [0.05, 0.1) is 21.6 Å². The molecule has 1 N–H and O–H groups in total. The van der Waals surface area contributed by atoms with Crippen molar-refractivity contribution in [3.63, 3.8) is 0 Å². The van der Waals surface area contributed by atoms with Gasteiger partial charge in [-0.1, -0.05) is 35.9 Å². The fraction of sp³-hybridized carbons (Fsp3) is 0. The first kappa shape index (κ1) is 17.2. The minimum atomic E-state index is -1.37. The van der Waals surface area contributed by atoms with Gasteiger partial charge in [0, 0.05) is 11.1 Å². The number of halogens is 2. The summed E-state index contributed by atoms with van der Waals surface area (Å²) < 4.78 is 13.8. The van der Waals surface area contributed by atoms with Gasteiger partial charge in [-0.2, -0.15) is 0 Å². The van der Waals surface area contributed by atoms with Crippen LogP contribution in [0.2, 0.25) is 5.02 Å². The molecule has 25 heavy (non-hydrogen) atoms. The van der Waals surface area contributed by atoms with Crippen LogP contribution in [0.1, 0.15) is 15.9 Å². The Kier molecular flexibility index (Phi) is 4.87.